The largest absolute Gasteiger partial charge is 0.518 e. The van der Waals surface area contributed by atoms with Crippen LogP contribution in [0.2, 0.25) is 0 Å². The quantitative estimate of drug-likeness (QED) is 0.452. The highest BCUT2D eigenvalue weighted by molar-refractivity contribution is 5.76. The average molecular weight is 162 g/mol. The van der Waals surface area contributed by atoms with Crippen molar-refractivity contribution in [2.75, 3.05) is 13.7 Å². The lowest BCUT2D eigenvalue weighted by Gasteiger charge is -2.00. The van der Waals surface area contributed by atoms with Crippen LogP contribution in [0.25, 0.3) is 0 Å². The van der Waals surface area contributed by atoms with Crippen LogP contribution in [0.3, 0.4) is 0 Å². The van der Waals surface area contributed by atoms with Crippen LogP contribution in [0.1, 0.15) is 13.3 Å². The summed E-state index contributed by atoms with van der Waals surface area (Å²) < 4.78 is 12.4. The Kier molecular flexibility index (Phi) is 4.89. The SMILES string of the molecule is CCCOC(=O)OC(=O)OC. The van der Waals surface area contributed by atoms with Crippen molar-refractivity contribution in [1.82, 2.24) is 0 Å². The van der Waals surface area contributed by atoms with Crippen LogP contribution >= 0.6 is 0 Å². The first-order chi connectivity index (χ1) is 5.20. The molecule has 0 unspecified atom stereocenters. The number of ether oxygens (including phenoxy) is 3. The lowest BCUT2D eigenvalue weighted by Crippen LogP contribution is -2.13. The number of carbonyl (C=O) groups is 2. The fraction of sp³-hybridized carbons (Fsp3) is 0.667. The summed E-state index contributed by atoms with van der Waals surface area (Å²) >= 11 is 0. The van der Waals surface area contributed by atoms with Crippen LogP contribution in [-0.2, 0) is 14.2 Å². The third kappa shape index (κ3) is 5.20. The van der Waals surface area contributed by atoms with E-state index in [9.17, 15) is 9.59 Å². The van der Waals surface area contributed by atoms with Gasteiger partial charge in [-0.25, -0.2) is 9.59 Å². The van der Waals surface area contributed by atoms with Gasteiger partial charge in [0.2, 0.25) is 0 Å². The van der Waals surface area contributed by atoms with Crippen LogP contribution in [0, 0.1) is 0 Å². The first-order valence-corrected chi connectivity index (χ1v) is 3.13. The molecule has 0 aliphatic carbocycles. The predicted molar refractivity (Wildman–Crippen MR) is 35.1 cm³/mol. The maximum absolute atomic E-state index is 10.4. The van der Waals surface area contributed by atoms with Crippen LogP contribution in [0.15, 0.2) is 0 Å². The van der Waals surface area contributed by atoms with Crippen molar-refractivity contribution >= 4 is 12.3 Å². The van der Waals surface area contributed by atoms with E-state index >= 15 is 0 Å². The van der Waals surface area contributed by atoms with Crippen LogP contribution < -0.4 is 0 Å². The van der Waals surface area contributed by atoms with Crippen molar-refractivity contribution in [3.05, 3.63) is 0 Å². The molecule has 0 aliphatic heterocycles. The molecule has 0 rings (SSSR count). The topological polar surface area (TPSA) is 61.8 Å². The summed E-state index contributed by atoms with van der Waals surface area (Å²) in [4.78, 5) is 20.7. The Morgan fingerprint density at radius 2 is 1.91 bits per heavy atom. The zero-order valence-corrected chi connectivity index (χ0v) is 6.46. The van der Waals surface area contributed by atoms with E-state index < -0.39 is 12.3 Å². The van der Waals surface area contributed by atoms with Gasteiger partial charge in [-0.1, -0.05) is 6.92 Å². The number of hydrogen-bond acceptors (Lipinski definition) is 5. The minimum Gasteiger partial charge on any atom is -0.437 e. The zero-order chi connectivity index (χ0) is 8.69. The van der Waals surface area contributed by atoms with Gasteiger partial charge in [0.05, 0.1) is 13.7 Å². The van der Waals surface area contributed by atoms with Gasteiger partial charge in [-0.3, -0.25) is 0 Å². The summed E-state index contributed by atoms with van der Waals surface area (Å²) in [6.45, 7) is 2.06. The summed E-state index contributed by atoms with van der Waals surface area (Å²) in [5, 5.41) is 0. The Bertz CT molecular complexity index is 142. The minimum atomic E-state index is -1.06. The predicted octanol–water partition coefficient (Wildman–Crippen LogP) is 1.32. The smallest absolute Gasteiger partial charge is 0.437 e. The van der Waals surface area contributed by atoms with Gasteiger partial charge in [0.1, 0.15) is 0 Å². The third-order valence-electron chi connectivity index (χ3n) is 0.757. The third-order valence-corrected chi connectivity index (χ3v) is 0.757. The summed E-state index contributed by atoms with van der Waals surface area (Å²) in [7, 11) is 1.11. The van der Waals surface area contributed by atoms with Crippen LogP contribution in [0.4, 0.5) is 9.59 Å². The van der Waals surface area contributed by atoms with Gasteiger partial charge in [-0.05, 0) is 6.42 Å². The van der Waals surface area contributed by atoms with Gasteiger partial charge in [0, 0.05) is 0 Å². The monoisotopic (exact) mass is 162 g/mol. The molecular weight excluding hydrogens is 152 g/mol. The van der Waals surface area contributed by atoms with E-state index in [-0.39, 0.29) is 6.61 Å². The van der Waals surface area contributed by atoms with Crippen LogP contribution in [0.5, 0.6) is 0 Å². The van der Waals surface area contributed by atoms with E-state index in [0.29, 0.717) is 6.42 Å². The summed E-state index contributed by atoms with van der Waals surface area (Å²) in [6, 6.07) is 0. The molecule has 0 saturated carbocycles. The van der Waals surface area contributed by atoms with E-state index in [0.717, 1.165) is 7.11 Å². The van der Waals surface area contributed by atoms with Gasteiger partial charge in [0.25, 0.3) is 0 Å². The van der Waals surface area contributed by atoms with Crippen molar-refractivity contribution in [2.24, 2.45) is 0 Å². The lowest BCUT2D eigenvalue weighted by molar-refractivity contribution is 0.0459. The number of rotatable bonds is 2. The number of methoxy groups -OCH3 is 1. The highest BCUT2D eigenvalue weighted by Crippen LogP contribution is 1.89. The molecule has 0 atom stereocenters. The Morgan fingerprint density at radius 3 is 2.36 bits per heavy atom. The fourth-order valence-electron chi connectivity index (χ4n) is 0.325. The van der Waals surface area contributed by atoms with Gasteiger partial charge >= 0.3 is 12.3 Å². The molecule has 0 bridgehead atoms. The van der Waals surface area contributed by atoms with E-state index in [1.807, 2.05) is 6.92 Å². The maximum atomic E-state index is 10.4. The second-order valence-corrected chi connectivity index (χ2v) is 1.65. The molecular formula is C6H10O5. The molecule has 0 radical (unpaired) electrons. The molecule has 0 spiro atoms. The molecule has 0 heterocycles. The number of hydrogen-bond donors (Lipinski definition) is 0. The highest BCUT2D eigenvalue weighted by Gasteiger charge is 2.09. The second kappa shape index (κ2) is 5.52. The Morgan fingerprint density at radius 1 is 1.27 bits per heavy atom. The first-order valence-electron chi connectivity index (χ1n) is 3.13. The van der Waals surface area contributed by atoms with E-state index in [2.05, 4.69) is 14.2 Å². The molecule has 0 fully saturated rings. The molecule has 0 amide bonds. The summed E-state index contributed by atoms with van der Waals surface area (Å²) in [5.41, 5.74) is 0. The lowest BCUT2D eigenvalue weighted by atomic mass is 10.5. The molecule has 5 nitrogen and oxygen atoms in total. The Balaban J connectivity index is 3.44. The van der Waals surface area contributed by atoms with Gasteiger partial charge in [-0.2, -0.15) is 0 Å². The van der Waals surface area contributed by atoms with Gasteiger partial charge in [0.15, 0.2) is 0 Å². The molecule has 64 valence electrons. The molecule has 0 saturated heterocycles. The van der Waals surface area contributed by atoms with E-state index in [4.69, 9.17) is 0 Å². The van der Waals surface area contributed by atoms with Crippen molar-refractivity contribution in [3.8, 4) is 0 Å². The first kappa shape index (κ1) is 9.74. The average Bonchev–Trinajstić information content (AvgIpc) is 2.00. The minimum absolute atomic E-state index is 0.232. The van der Waals surface area contributed by atoms with E-state index in [1.54, 1.807) is 0 Å². The standard InChI is InChI=1S/C6H10O5/c1-3-4-10-6(8)11-5(7)9-2/h3-4H2,1-2H3. The Hall–Kier alpha value is -1.26. The Labute approximate surface area is 64.2 Å². The zero-order valence-electron chi connectivity index (χ0n) is 6.46. The second-order valence-electron chi connectivity index (χ2n) is 1.65. The van der Waals surface area contributed by atoms with Crippen LogP contribution in [-0.4, -0.2) is 26.0 Å². The van der Waals surface area contributed by atoms with Crippen molar-refractivity contribution in [3.63, 3.8) is 0 Å². The van der Waals surface area contributed by atoms with Crippen molar-refractivity contribution in [2.45, 2.75) is 13.3 Å². The summed E-state index contributed by atoms with van der Waals surface area (Å²) in [6.07, 6.45) is -1.42. The number of carbonyl (C=O) groups excluding carboxylic acids is 2. The van der Waals surface area contributed by atoms with Crippen molar-refractivity contribution < 1.29 is 23.8 Å². The molecule has 0 aromatic heterocycles. The summed E-state index contributed by atoms with van der Waals surface area (Å²) in [5.74, 6) is 0. The fourth-order valence-corrected chi connectivity index (χ4v) is 0.325. The maximum Gasteiger partial charge on any atom is 0.518 e. The molecule has 11 heavy (non-hydrogen) atoms. The molecule has 5 heteroatoms. The molecule has 0 aromatic rings. The molecule has 0 aliphatic rings. The highest BCUT2D eigenvalue weighted by atomic mass is 16.8. The van der Waals surface area contributed by atoms with Gasteiger partial charge < -0.3 is 14.2 Å². The normalized spacial score (nSPS) is 8.55. The molecule has 0 aromatic carbocycles. The van der Waals surface area contributed by atoms with E-state index in [1.165, 1.54) is 0 Å². The molecule has 0 N–H and O–H groups in total. The van der Waals surface area contributed by atoms with Crippen molar-refractivity contribution in [1.29, 1.82) is 0 Å². The van der Waals surface area contributed by atoms with Gasteiger partial charge in [-0.15, -0.1) is 0 Å².